The topological polar surface area (TPSA) is 22.1 Å². The lowest BCUT2D eigenvalue weighted by Gasteiger charge is -2.06. The predicted molar refractivity (Wildman–Crippen MR) is 47.6 cm³/mol. The maximum Gasteiger partial charge on any atom is 0.411 e. The molecule has 0 radical (unpaired) electrons. The largest absolute Gasteiger partial charge is 0.411 e. The average Bonchev–Trinajstić information content (AvgIpc) is 2.06. The third-order valence-electron chi connectivity index (χ3n) is 1.30. The average molecular weight is 270 g/mol. The Morgan fingerprint density at radius 3 is 2.57 bits per heavy atom. The Hall–Kier alpha value is -0.620. The highest BCUT2D eigenvalue weighted by molar-refractivity contribution is 9.10. The first-order chi connectivity index (χ1) is 6.47. The van der Waals surface area contributed by atoms with Crippen molar-refractivity contribution in [1.29, 1.82) is 0 Å². The molecule has 0 atom stereocenters. The maximum atomic E-state index is 11.7. The summed E-state index contributed by atoms with van der Waals surface area (Å²) in [7, 11) is 0. The fraction of sp³-hybridized carbons (Fsp3) is 0.375. The molecular weight excluding hydrogens is 263 g/mol. The highest BCUT2D eigenvalue weighted by Crippen LogP contribution is 2.15. The van der Waals surface area contributed by atoms with E-state index in [4.69, 9.17) is 0 Å². The SMILES string of the molecule is FC(F)(F)COCc1ccc(Br)cn1. The highest BCUT2D eigenvalue weighted by Gasteiger charge is 2.27. The maximum absolute atomic E-state index is 11.7. The van der Waals surface area contributed by atoms with Gasteiger partial charge in [0, 0.05) is 10.7 Å². The van der Waals surface area contributed by atoms with Crippen molar-refractivity contribution in [1.82, 2.24) is 4.98 Å². The Bertz CT molecular complexity index is 286. The number of nitrogens with zero attached hydrogens (tertiary/aromatic N) is 1. The molecule has 0 unspecified atom stereocenters. The molecule has 14 heavy (non-hydrogen) atoms. The first kappa shape index (κ1) is 11.5. The predicted octanol–water partition coefficient (Wildman–Crippen LogP) is 2.92. The fourth-order valence-electron chi connectivity index (χ4n) is 0.763. The van der Waals surface area contributed by atoms with Gasteiger partial charge in [0.2, 0.25) is 0 Å². The second-order valence-corrected chi connectivity index (χ2v) is 3.49. The fourth-order valence-corrected chi connectivity index (χ4v) is 0.998. The van der Waals surface area contributed by atoms with Gasteiger partial charge in [0.25, 0.3) is 0 Å². The number of halogens is 4. The number of hydrogen-bond donors (Lipinski definition) is 0. The zero-order valence-corrected chi connectivity index (χ0v) is 8.60. The summed E-state index contributed by atoms with van der Waals surface area (Å²) >= 11 is 3.16. The van der Waals surface area contributed by atoms with Crippen LogP contribution in [0.3, 0.4) is 0 Å². The van der Waals surface area contributed by atoms with Crippen LogP contribution in [-0.4, -0.2) is 17.8 Å². The molecule has 0 aliphatic carbocycles. The summed E-state index contributed by atoms with van der Waals surface area (Å²) in [4.78, 5) is 3.86. The standard InChI is InChI=1S/C8H7BrF3NO/c9-6-1-2-7(13-3-6)4-14-5-8(10,11)12/h1-3H,4-5H2. The molecule has 0 aromatic carbocycles. The van der Waals surface area contributed by atoms with E-state index in [-0.39, 0.29) is 6.61 Å². The van der Waals surface area contributed by atoms with Crippen LogP contribution in [0.2, 0.25) is 0 Å². The van der Waals surface area contributed by atoms with Gasteiger partial charge in [0.05, 0.1) is 12.3 Å². The molecule has 1 aromatic rings. The van der Waals surface area contributed by atoms with Crippen LogP contribution in [0.1, 0.15) is 5.69 Å². The minimum absolute atomic E-state index is 0.132. The molecular formula is C8H7BrF3NO. The Morgan fingerprint density at radius 2 is 2.07 bits per heavy atom. The van der Waals surface area contributed by atoms with Crippen molar-refractivity contribution in [3.05, 3.63) is 28.5 Å². The summed E-state index contributed by atoms with van der Waals surface area (Å²) in [5.74, 6) is 0. The van der Waals surface area contributed by atoms with E-state index in [9.17, 15) is 13.2 Å². The van der Waals surface area contributed by atoms with Crippen LogP contribution >= 0.6 is 15.9 Å². The lowest BCUT2D eigenvalue weighted by Crippen LogP contribution is -2.16. The molecule has 0 spiro atoms. The van der Waals surface area contributed by atoms with E-state index in [0.717, 1.165) is 4.47 Å². The van der Waals surface area contributed by atoms with Gasteiger partial charge in [0.15, 0.2) is 0 Å². The molecule has 1 aromatic heterocycles. The molecule has 1 rings (SSSR count). The highest BCUT2D eigenvalue weighted by atomic mass is 79.9. The number of pyridine rings is 1. The van der Waals surface area contributed by atoms with Crippen molar-refractivity contribution in [3.8, 4) is 0 Å². The zero-order valence-electron chi connectivity index (χ0n) is 7.01. The van der Waals surface area contributed by atoms with Gasteiger partial charge >= 0.3 is 6.18 Å². The van der Waals surface area contributed by atoms with E-state index in [1.54, 1.807) is 12.1 Å². The quantitative estimate of drug-likeness (QED) is 0.842. The molecule has 0 saturated carbocycles. The first-order valence-electron chi connectivity index (χ1n) is 3.72. The van der Waals surface area contributed by atoms with Crippen LogP contribution in [0, 0.1) is 0 Å². The molecule has 0 bridgehead atoms. The third-order valence-corrected chi connectivity index (χ3v) is 1.77. The van der Waals surface area contributed by atoms with Crippen LogP contribution in [0.5, 0.6) is 0 Å². The zero-order chi connectivity index (χ0) is 10.6. The normalized spacial score (nSPS) is 11.7. The van der Waals surface area contributed by atoms with Gasteiger partial charge in [-0.2, -0.15) is 13.2 Å². The van der Waals surface area contributed by atoms with Gasteiger partial charge in [0.1, 0.15) is 6.61 Å². The monoisotopic (exact) mass is 269 g/mol. The Kier molecular flexibility index (Phi) is 3.88. The molecule has 78 valence electrons. The Labute approximate surface area is 87.2 Å². The number of rotatable bonds is 3. The second kappa shape index (κ2) is 4.75. The summed E-state index contributed by atoms with van der Waals surface area (Å²) in [5.41, 5.74) is 0.470. The second-order valence-electron chi connectivity index (χ2n) is 2.58. The number of aromatic nitrogens is 1. The van der Waals surface area contributed by atoms with Gasteiger partial charge in [-0.1, -0.05) is 0 Å². The van der Waals surface area contributed by atoms with E-state index in [2.05, 4.69) is 25.7 Å². The lowest BCUT2D eigenvalue weighted by atomic mass is 10.4. The number of alkyl halides is 3. The van der Waals surface area contributed by atoms with Crippen molar-refractivity contribution in [2.45, 2.75) is 12.8 Å². The molecule has 0 saturated heterocycles. The van der Waals surface area contributed by atoms with Crippen LogP contribution in [0.25, 0.3) is 0 Å². The van der Waals surface area contributed by atoms with Crippen LogP contribution in [0.4, 0.5) is 13.2 Å². The molecule has 2 nitrogen and oxygen atoms in total. The van der Waals surface area contributed by atoms with Gasteiger partial charge in [-0.05, 0) is 28.1 Å². The van der Waals surface area contributed by atoms with Crippen molar-refractivity contribution < 1.29 is 17.9 Å². The molecule has 0 fully saturated rings. The van der Waals surface area contributed by atoms with Gasteiger partial charge < -0.3 is 4.74 Å². The number of ether oxygens (including phenoxy) is 1. The molecule has 0 aliphatic rings. The molecule has 0 aliphatic heterocycles. The molecule has 1 heterocycles. The van der Waals surface area contributed by atoms with Gasteiger partial charge in [-0.15, -0.1) is 0 Å². The summed E-state index contributed by atoms with van der Waals surface area (Å²) in [6.45, 7) is -1.38. The summed E-state index contributed by atoms with van der Waals surface area (Å²) in [6, 6.07) is 3.29. The third kappa shape index (κ3) is 4.57. The molecule has 0 N–H and O–H groups in total. The van der Waals surface area contributed by atoms with E-state index in [1.807, 2.05) is 0 Å². The van der Waals surface area contributed by atoms with Gasteiger partial charge in [-0.25, -0.2) is 0 Å². The van der Waals surface area contributed by atoms with E-state index < -0.39 is 12.8 Å². The number of hydrogen-bond acceptors (Lipinski definition) is 2. The van der Waals surface area contributed by atoms with Crippen LogP contribution in [-0.2, 0) is 11.3 Å². The van der Waals surface area contributed by atoms with Crippen molar-refractivity contribution in [2.24, 2.45) is 0 Å². The van der Waals surface area contributed by atoms with Gasteiger partial charge in [-0.3, -0.25) is 4.98 Å². The smallest absolute Gasteiger partial charge is 0.366 e. The minimum atomic E-state index is -4.28. The first-order valence-corrected chi connectivity index (χ1v) is 4.51. The molecule has 6 heteroatoms. The van der Waals surface area contributed by atoms with Crippen LogP contribution in [0.15, 0.2) is 22.8 Å². The van der Waals surface area contributed by atoms with Crippen molar-refractivity contribution >= 4 is 15.9 Å². The van der Waals surface area contributed by atoms with Crippen molar-refractivity contribution in [3.63, 3.8) is 0 Å². The summed E-state index contributed by atoms with van der Waals surface area (Å²) < 4.78 is 40.2. The summed E-state index contributed by atoms with van der Waals surface area (Å²) in [5, 5.41) is 0. The van der Waals surface area contributed by atoms with E-state index in [1.165, 1.54) is 6.20 Å². The van der Waals surface area contributed by atoms with E-state index in [0.29, 0.717) is 5.69 Å². The van der Waals surface area contributed by atoms with E-state index >= 15 is 0 Å². The molecule has 0 amide bonds. The summed E-state index contributed by atoms with van der Waals surface area (Å²) in [6.07, 6.45) is -2.78. The van der Waals surface area contributed by atoms with Crippen LogP contribution < -0.4 is 0 Å². The Morgan fingerprint density at radius 1 is 1.36 bits per heavy atom. The Balaban J connectivity index is 2.35. The van der Waals surface area contributed by atoms with Crippen molar-refractivity contribution in [2.75, 3.05) is 6.61 Å². The lowest BCUT2D eigenvalue weighted by molar-refractivity contribution is -0.176. The minimum Gasteiger partial charge on any atom is -0.366 e.